The Morgan fingerprint density at radius 1 is 0.650 bits per heavy atom. The minimum atomic E-state index is -0.602. The zero-order valence-electron chi connectivity index (χ0n) is 12.4. The van der Waals surface area contributed by atoms with Crippen LogP contribution in [0.1, 0.15) is 49.9 Å². The lowest BCUT2D eigenvalue weighted by atomic mass is 9.87. The molecule has 0 N–H and O–H groups in total. The number of hydrogen-bond acceptors (Lipinski definition) is 4. The maximum absolute atomic E-state index is 11.3. The molecular formula is C14H20N2O4. The standard InChI is InChI=1S/C14H20N2O4/c1-5-9-10(6-2)12(8-4)14(16(19)20)13(15(17)18)11(9)7-3/h5-8H2,1-4H3. The van der Waals surface area contributed by atoms with E-state index in [1.54, 1.807) is 13.8 Å². The first-order valence-corrected chi connectivity index (χ1v) is 6.92. The van der Waals surface area contributed by atoms with Crippen molar-refractivity contribution >= 4 is 11.4 Å². The number of hydrogen-bond donors (Lipinski definition) is 0. The van der Waals surface area contributed by atoms with Crippen molar-refractivity contribution in [3.8, 4) is 0 Å². The van der Waals surface area contributed by atoms with E-state index in [-0.39, 0.29) is 11.4 Å². The fourth-order valence-corrected chi connectivity index (χ4v) is 2.94. The van der Waals surface area contributed by atoms with Crippen LogP contribution >= 0.6 is 0 Å². The smallest absolute Gasteiger partial charge is 0.258 e. The largest absolute Gasteiger partial charge is 0.349 e. The minimum Gasteiger partial charge on any atom is -0.258 e. The second-order valence-corrected chi connectivity index (χ2v) is 4.54. The van der Waals surface area contributed by atoms with E-state index in [4.69, 9.17) is 0 Å². The van der Waals surface area contributed by atoms with E-state index in [9.17, 15) is 20.2 Å². The Morgan fingerprint density at radius 3 is 1.05 bits per heavy atom. The van der Waals surface area contributed by atoms with Crippen molar-refractivity contribution in [3.05, 3.63) is 42.5 Å². The lowest BCUT2D eigenvalue weighted by Crippen LogP contribution is -2.11. The van der Waals surface area contributed by atoms with Crippen molar-refractivity contribution in [2.75, 3.05) is 0 Å². The van der Waals surface area contributed by atoms with E-state index in [1.807, 2.05) is 13.8 Å². The topological polar surface area (TPSA) is 86.3 Å². The predicted octanol–water partition coefficient (Wildman–Crippen LogP) is 3.75. The average Bonchev–Trinajstić information content (AvgIpc) is 2.42. The molecule has 0 bridgehead atoms. The van der Waals surface area contributed by atoms with Gasteiger partial charge in [0.15, 0.2) is 0 Å². The summed E-state index contributed by atoms with van der Waals surface area (Å²) in [6.45, 7) is 7.47. The Balaban J connectivity index is 3.99. The van der Waals surface area contributed by atoms with Crippen LogP contribution in [-0.4, -0.2) is 9.85 Å². The number of rotatable bonds is 6. The van der Waals surface area contributed by atoms with Crippen molar-refractivity contribution in [1.82, 2.24) is 0 Å². The molecule has 0 saturated heterocycles. The van der Waals surface area contributed by atoms with Crippen LogP contribution in [0, 0.1) is 20.2 Å². The molecule has 0 aliphatic carbocycles. The summed E-state index contributed by atoms with van der Waals surface area (Å²) in [6.07, 6.45) is 2.16. The zero-order valence-corrected chi connectivity index (χ0v) is 12.4. The highest BCUT2D eigenvalue weighted by molar-refractivity contribution is 5.68. The molecule has 0 heterocycles. The monoisotopic (exact) mass is 280 g/mol. The molecule has 110 valence electrons. The SMILES string of the molecule is CCc1c(CC)c(CC)c([N+](=O)[O-])c([N+](=O)[O-])c1CC. The Kier molecular flexibility index (Phi) is 5.19. The van der Waals surface area contributed by atoms with Crippen molar-refractivity contribution < 1.29 is 9.85 Å². The van der Waals surface area contributed by atoms with Gasteiger partial charge in [0, 0.05) is 11.1 Å². The molecule has 1 aromatic carbocycles. The van der Waals surface area contributed by atoms with Crippen LogP contribution in [0.4, 0.5) is 11.4 Å². The van der Waals surface area contributed by atoms with Gasteiger partial charge in [0.05, 0.1) is 9.85 Å². The number of nitro benzene ring substituents is 2. The molecule has 0 spiro atoms. The first kappa shape index (κ1) is 16.1. The Labute approximate surface area is 118 Å². The fraction of sp³-hybridized carbons (Fsp3) is 0.571. The van der Waals surface area contributed by atoms with Gasteiger partial charge < -0.3 is 0 Å². The summed E-state index contributed by atoms with van der Waals surface area (Å²) in [7, 11) is 0. The maximum Gasteiger partial charge on any atom is 0.349 e. The van der Waals surface area contributed by atoms with Gasteiger partial charge in [-0.15, -0.1) is 0 Å². The molecule has 0 saturated carbocycles. The second kappa shape index (κ2) is 6.45. The van der Waals surface area contributed by atoms with Crippen molar-refractivity contribution in [1.29, 1.82) is 0 Å². The molecule has 1 aromatic rings. The molecule has 0 aromatic heterocycles. The van der Waals surface area contributed by atoms with Crippen molar-refractivity contribution in [2.24, 2.45) is 0 Å². The van der Waals surface area contributed by atoms with Crippen LogP contribution < -0.4 is 0 Å². The Hall–Kier alpha value is -1.98. The fourth-order valence-electron chi connectivity index (χ4n) is 2.94. The normalized spacial score (nSPS) is 10.6. The molecule has 6 nitrogen and oxygen atoms in total. The summed E-state index contributed by atoms with van der Waals surface area (Å²) in [5.41, 5.74) is 2.21. The third-order valence-corrected chi connectivity index (χ3v) is 3.67. The quantitative estimate of drug-likeness (QED) is 0.586. The molecule has 0 amide bonds. The van der Waals surface area contributed by atoms with E-state index in [1.165, 1.54) is 0 Å². The summed E-state index contributed by atoms with van der Waals surface area (Å²) >= 11 is 0. The van der Waals surface area contributed by atoms with Gasteiger partial charge in [-0.25, -0.2) is 0 Å². The number of nitrogens with zero attached hydrogens (tertiary/aromatic N) is 2. The summed E-state index contributed by atoms with van der Waals surface area (Å²) in [6, 6.07) is 0. The van der Waals surface area contributed by atoms with E-state index < -0.39 is 9.85 Å². The van der Waals surface area contributed by atoms with E-state index in [2.05, 4.69) is 0 Å². The van der Waals surface area contributed by atoms with Crippen LogP contribution in [0.15, 0.2) is 0 Å². The molecule has 1 rings (SSSR count). The van der Waals surface area contributed by atoms with Gasteiger partial charge in [0.25, 0.3) is 0 Å². The third-order valence-electron chi connectivity index (χ3n) is 3.67. The maximum atomic E-state index is 11.3. The van der Waals surface area contributed by atoms with Gasteiger partial charge >= 0.3 is 11.4 Å². The molecule has 0 radical (unpaired) electrons. The molecule has 0 fully saturated rings. The lowest BCUT2D eigenvalue weighted by molar-refractivity contribution is -0.423. The summed E-state index contributed by atoms with van der Waals surface area (Å²) in [5, 5.41) is 22.7. The summed E-state index contributed by atoms with van der Waals surface area (Å²) < 4.78 is 0. The van der Waals surface area contributed by atoms with Gasteiger partial charge in [-0.05, 0) is 36.8 Å². The Morgan fingerprint density at radius 2 is 0.900 bits per heavy atom. The minimum absolute atomic E-state index is 0.316. The van der Waals surface area contributed by atoms with Crippen LogP contribution in [0.25, 0.3) is 0 Å². The van der Waals surface area contributed by atoms with Gasteiger partial charge in [0.2, 0.25) is 0 Å². The first-order chi connectivity index (χ1) is 9.44. The summed E-state index contributed by atoms with van der Waals surface area (Å²) in [4.78, 5) is 21.5. The van der Waals surface area contributed by atoms with Crippen LogP contribution in [0.2, 0.25) is 0 Å². The van der Waals surface area contributed by atoms with Crippen LogP contribution in [-0.2, 0) is 25.7 Å². The molecular weight excluding hydrogens is 260 g/mol. The molecule has 6 heteroatoms. The van der Waals surface area contributed by atoms with Crippen molar-refractivity contribution in [3.63, 3.8) is 0 Å². The van der Waals surface area contributed by atoms with Crippen LogP contribution in [0.5, 0.6) is 0 Å². The second-order valence-electron chi connectivity index (χ2n) is 4.54. The molecule has 0 atom stereocenters. The highest BCUT2D eigenvalue weighted by Gasteiger charge is 2.35. The van der Waals surface area contributed by atoms with E-state index in [0.717, 1.165) is 11.1 Å². The Bertz CT molecular complexity index is 504. The lowest BCUT2D eigenvalue weighted by Gasteiger charge is -2.16. The van der Waals surface area contributed by atoms with Gasteiger partial charge in [0.1, 0.15) is 0 Å². The molecule has 0 aliphatic heterocycles. The third kappa shape index (κ3) is 2.50. The van der Waals surface area contributed by atoms with Crippen molar-refractivity contribution in [2.45, 2.75) is 53.4 Å². The van der Waals surface area contributed by atoms with Gasteiger partial charge in [-0.1, -0.05) is 27.7 Å². The zero-order chi connectivity index (χ0) is 15.4. The van der Waals surface area contributed by atoms with Crippen LogP contribution in [0.3, 0.4) is 0 Å². The van der Waals surface area contributed by atoms with Gasteiger partial charge in [-0.3, -0.25) is 20.2 Å². The molecule has 0 unspecified atom stereocenters. The highest BCUT2D eigenvalue weighted by Crippen LogP contribution is 2.40. The number of benzene rings is 1. The van der Waals surface area contributed by atoms with Gasteiger partial charge in [-0.2, -0.15) is 0 Å². The average molecular weight is 280 g/mol. The highest BCUT2D eigenvalue weighted by atomic mass is 16.6. The van der Waals surface area contributed by atoms with E-state index in [0.29, 0.717) is 36.8 Å². The molecule has 0 aliphatic rings. The molecule has 20 heavy (non-hydrogen) atoms. The number of nitro groups is 2. The van der Waals surface area contributed by atoms with E-state index >= 15 is 0 Å². The summed E-state index contributed by atoms with van der Waals surface area (Å²) in [5.74, 6) is 0. The predicted molar refractivity (Wildman–Crippen MR) is 77.3 cm³/mol. The first-order valence-electron chi connectivity index (χ1n) is 6.92.